The Morgan fingerprint density at radius 2 is 1.91 bits per heavy atom. The molecule has 3 heteroatoms. The van der Waals surface area contributed by atoms with Crippen molar-refractivity contribution in [1.29, 1.82) is 0 Å². The van der Waals surface area contributed by atoms with Crippen LogP contribution in [0.3, 0.4) is 0 Å². The Kier molecular flexibility index (Phi) is 4.12. The highest BCUT2D eigenvalue weighted by molar-refractivity contribution is 6.30. The maximum Gasteiger partial charge on any atom is 0.128 e. The summed E-state index contributed by atoms with van der Waals surface area (Å²) in [7, 11) is 0. The number of aromatic nitrogens is 1. The third-order valence-electron chi connectivity index (χ3n) is 3.78. The molecule has 0 aliphatic rings. The van der Waals surface area contributed by atoms with Gasteiger partial charge in [0.2, 0.25) is 0 Å². The van der Waals surface area contributed by atoms with Crippen LogP contribution in [0.2, 0.25) is 5.02 Å². The maximum absolute atomic E-state index is 6.00. The van der Waals surface area contributed by atoms with Crippen molar-refractivity contribution in [2.45, 2.75) is 33.4 Å². The number of rotatable bonds is 4. The molecule has 0 aliphatic carbocycles. The summed E-state index contributed by atoms with van der Waals surface area (Å²) in [6, 6.07) is 16.7. The van der Waals surface area contributed by atoms with Crippen molar-refractivity contribution in [2.24, 2.45) is 0 Å². The molecule has 0 fully saturated rings. The van der Waals surface area contributed by atoms with Crippen LogP contribution in [0.1, 0.15) is 31.1 Å². The van der Waals surface area contributed by atoms with Crippen LogP contribution in [-0.4, -0.2) is 4.57 Å². The molecule has 0 bridgehead atoms. The highest BCUT2D eigenvalue weighted by Crippen LogP contribution is 2.26. The van der Waals surface area contributed by atoms with E-state index in [1.807, 2.05) is 24.3 Å². The summed E-state index contributed by atoms with van der Waals surface area (Å²) in [6.07, 6.45) is 0. The molecule has 0 N–H and O–H groups in total. The van der Waals surface area contributed by atoms with Crippen LogP contribution >= 0.6 is 11.6 Å². The van der Waals surface area contributed by atoms with Gasteiger partial charge in [-0.2, -0.15) is 0 Å². The second-order valence-corrected chi connectivity index (χ2v) is 6.34. The molecular formula is C19H20ClNO. The normalized spacial score (nSPS) is 11.3. The first-order valence-electron chi connectivity index (χ1n) is 7.53. The summed E-state index contributed by atoms with van der Waals surface area (Å²) in [4.78, 5) is 0. The van der Waals surface area contributed by atoms with E-state index in [0.29, 0.717) is 17.7 Å². The summed E-state index contributed by atoms with van der Waals surface area (Å²) in [5.41, 5.74) is 3.71. The quantitative estimate of drug-likeness (QED) is 0.597. The highest BCUT2D eigenvalue weighted by Gasteiger charge is 2.12. The zero-order chi connectivity index (χ0) is 15.7. The molecule has 0 saturated carbocycles. The molecule has 2 nitrogen and oxygen atoms in total. The Hall–Kier alpha value is -1.93. The standard InChI is InChI=1S/C19H20ClNO/c1-13(2)21-17(10-15-8-7-14(3)9-19(15)21)12-22-18-6-4-5-16(20)11-18/h4-11,13H,12H2,1-3H3. The Morgan fingerprint density at radius 1 is 1.09 bits per heavy atom. The van der Waals surface area contributed by atoms with E-state index in [9.17, 15) is 0 Å². The van der Waals surface area contributed by atoms with Gasteiger partial charge < -0.3 is 9.30 Å². The van der Waals surface area contributed by atoms with Crippen molar-refractivity contribution in [3.05, 3.63) is 64.8 Å². The first-order valence-corrected chi connectivity index (χ1v) is 7.91. The molecule has 0 saturated heterocycles. The first-order chi connectivity index (χ1) is 10.5. The van der Waals surface area contributed by atoms with E-state index in [1.165, 1.54) is 22.2 Å². The predicted molar refractivity (Wildman–Crippen MR) is 92.8 cm³/mol. The monoisotopic (exact) mass is 313 g/mol. The average molecular weight is 314 g/mol. The largest absolute Gasteiger partial charge is 0.487 e. The fourth-order valence-corrected chi connectivity index (χ4v) is 3.00. The van der Waals surface area contributed by atoms with Crippen molar-refractivity contribution in [2.75, 3.05) is 0 Å². The molecule has 1 aromatic heterocycles. The van der Waals surface area contributed by atoms with E-state index in [1.54, 1.807) is 0 Å². The van der Waals surface area contributed by atoms with Gasteiger partial charge in [-0.15, -0.1) is 0 Å². The lowest BCUT2D eigenvalue weighted by atomic mass is 10.2. The van der Waals surface area contributed by atoms with E-state index in [2.05, 4.69) is 49.6 Å². The lowest BCUT2D eigenvalue weighted by Gasteiger charge is -2.15. The number of halogens is 1. The van der Waals surface area contributed by atoms with Gasteiger partial charge in [0.25, 0.3) is 0 Å². The van der Waals surface area contributed by atoms with Gasteiger partial charge in [0.15, 0.2) is 0 Å². The second-order valence-electron chi connectivity index (χ2n) is 5.91. The average Bonchev–Trinajstić information content (AvgIpc) is 2.83. The summed E-state index contributed by atoms with van der Waals surface area (Å²) < 4.78 is 8.26. The van der Waals surface area contributed by atoms with Crippen molar-refractivity contribution < 1.29 is 4.74 Å². The van der Waals surface area contributed by atoms with Crippen molar-refractivity contribution >= 4 is 22.5 Å². The highest BCUT2D eigenvalue weighted by atomic mass is 35.5. The van der Waals surface area contributed by atoms with E-state index in [0.717, 1.165) is 5.75 Å². The zero-order valence-corrected chi connectivity index (χ0v) is 13.9. The summed E-state index contributed by atoms with van der Waals surface area (Å²) in [5.74, 6) is 0.796. The molecule has 3 aromatic rings. The van der Waals surface area contributed by atoms with Crippen LogP contribution in [0.25, 0.3) is 10.9 Å². The summed E-state index contributed by atoms with van der Waals surface area (Å²) in [5, 5.41) is 1.95. The van der Waals surface area contributed by atoms with Gasteiger partial charge in [-0.05, 0) is 56.7 Å². The first kappa shape index (κ1) is 15.0. The van der Waals surface area contributed by atoms with Gasteiger partial charge in [0.1, 0.15) is 12.4 Å². The lowest BCUT2D eigenvalue weighted by Crippen LogP contribution is -2.08. The molecule has 22 heavy (non-hydrogen) atoms. The second kappa shape index (κ2) is 6.05. The van der Waals surface area contributed by atoms with Crippen LogP contribution in [-0.2, 0) is 6.61 Å². The van der Waals surface area contributed by atoms with Gasteiger partial charge in [0.05, 0.1) is 5.69 Å². The number of aryl methyl sites for hydroxylation is 1. The Bertz CT molecular complexity index is 804. The summed E-state index contributed by atoms with van der Waals surface area (Å²) >= 11 is 6.00. The maximum atomic E-state index is 6.00. The lowest BCUT2D eigenvalue weighted by molar-refractivity contribution is 0.293. The van der Waals surface area contributed by atoms with Gasteiger partial charge in [-0.1, -0.05) is 29.8 Å². The Balaban J connectivity index is 1.94. The fourth-order valence-electron chi connectivity index (χ4n) is 2.82. The molecule has 0 unspecified atom stereocenters. The molecule has 0 atom stereocenters. The molecule has 0 amide bonds. The van der Waals surface area contributed by atoms with E-state index in [4.69, 9.17) is 16.3 Å². The number of benzene rings is 2. The van der Waals surface area contributed by atoms with Gasteiger partial charge >= 0.3 is 0 Å². The molecule has 2 aromatic carbocycles. The van der Waals surface area contributed by atoms with E-state index < -0.39 is 0 Å². The van der Waals surface area contributed by atoms with Gasteiger partial charge in [0, 0.05) is 22.0 Å². The van der Waals surface area contributed by atoms with Crippen LogP contribution < -0.4 is 4.74 Å². The number of ether oxygens (including phenoxy) is 1. The number of nitrogens with zero attached hydrogens (tertiary/aromatic N) is 1. The van der Waals surface area contributed by atoms with Crippen LogP contribution in [0.15, 0.2) is 48.5 Å². The predicted octanol–water partition coefficient (Wildman–Crippen LogP) is 5.76. The minimum absolute atomic E-state index is 0.386. The molecule has 114 valence electrons. The topological polar surface area (TPSA) is 14.2 Å². The minimum atomic E-state index is 0.386. The molecule has 0 aliphatic heterocycles. The van der Waals surface area contributed by atoms with E-state index >= 15 is 0 Å². The van der Waals surface area contributed by atoms with Crippen LogP contribution in [0, 0.1) is 6.92 Å². The van der Waals surface area contributed by atoms with Gasteiger partial charge in [-0.25, -0.2) is 0 Å². The van der Waals surface area contributed by atoms with Crippen molar-refractivity contribution in [3.63, 3.8) is 0 Å². The zero-order valence-electron chi connectivity index (χ0n) is 13.1. The van der Waals surface area contributed by atoms with Crippen molar-refractivity contribution in [1.82, 2.24) is 4.57 Å². The van der Waals surface area contributed by atoms with E-state index in [-0.39, 0.29) is 0 Å². The molecular weight excluding hydrogens is 294 g/mol. The Morgan fingerprint density at radius 3 is 2.64 bits per heavy atom. The molecule has 0 radical (unpaired) electrons. The molecule has 3 rings (SSSR count). The molecule has 1 heterocycles. The third kappa shape index (κ3) is 2.97. The van der Waals surface area contributed by atoms with Crippen LogP contribution in [0.4, 0.5) is 0 Å². The van der Waals surface area contributed by atoms with Crippen molar-refractivity contribution in [3.8, 4) is 5.75 Å². The Labute approximate surface area is 136 Å². The smallest absolute Gasteiger partial charge is 0.128 e. The number of fused-ring (bicyclic) bond motifs is 1. The third-order valence-corrected chi connectivity index (χ3v) is 4.01. The molecule has 0 spiro atoms. The number of hydrogen-bond donors (Lipinski definition) is 0. The SMILES string of the molecule is Cc1ccc2cc(COc3cccc(Cl)c3)n(C(C)C)c2c1. The fraction of sp³-hybridized carbons (Fsp3) is 0.263. The van der Waals surface area contributed by atoms with Crippen LogP contribution in [0.5, 0.6) is 5.75 Å². The summed E-state index contributed by atoms with van der Waals surface area (Å²) in [6.45, 7) is 7.06. The minimum Gasteiger partial charge on any atom is -0.487 e. The van der Waals surface area contributed by atoms with Gasteiger partial charge in [-0.3, -0.25) is 0 Å². The number of hydrogen-bond acceptors (Lipinski definition) is 1.